The highest BCUT2D eigenvalue weighted by molar-refractivity contribution is 7.99. The number of aliphatic hydroxyl groups excluding tert-OH is 3. The number of aromatic hydroxyl groups is 1. The molecule has 1 aliphatic rings. The van der Waals surface area contributed by atoms with E-state index in [9.17, 15) is 24.8 Å². The molecule has 3 aromatic rings. The number of nitrogens with zero attached hydrogens (tertiary/aromatic N) is 4. The van der Waals surface area contributed by atoms with Crippen LogP contribution >= 0.6 is 34.7 Å². The number of rotatable bonds is 5. The van der Waals surface area contributed by atoms with Crippen molar-refractivity contribution in [2.45, 2.75) is 34.7 Å². The topological polar surface area (TPSA) is 134 Å². The zero-order chi connectivity index (χ0) is 21.4. The first-order chi connectivity index (χ1) is 14.4. The van der Waals surface area contributed by atoms with Gasteiger partial charge in [-0.3, -0.25) is 0 Å². The molecular formula is C17H16ClFN4O5S2. The van der Waals surface area contributed by atoms with Gasteiger partial charge in [0.25, 0.3) is 5.19 Å². The van der Waals surface area contributed by atoms with Crippen LogP contribution in [0.2, 0.25) is 5.02 Å². The summed E-state index contributed by atoms with van der Waals surface area (Å²) in [5, 5.41) is 49.9. The Morgan fingerprint density at radius 2 is 2.07 bits per heavy atom. The molecule has 1 aromatic carbocycles. The van der Waals surface area contributed by atoms with Crippen LogP contribution in [-0.2, 0) is 4.74 Å². The Hall–Kier alpha value is -1.80. The molecule has 1 saturated heterocycles. The third-order valence-electron chi connectivity index (χ3n) is 4.56. The van der Waals surface area contributed by atoms with Gasteiger partial charge in [-0.25, -0.2) is 14.1 Å². The molecule has 4 rings (SSSR count). The Morgan fingerprint density at radius 1 is 1.27 bits per heavy atom. The van der Waals surface area contributed by atoms with Crippen LogP contribution in [0.15, 0.2) is 34.7 Å². The molecule has 0 spiro atoms. The normalized spacial score (nSPS) is 26.8. The van der Waals surface area contributed by atoms with E-state index in [0.717, 1.165) is 23.1 Å². The van der Waals surface area contributed by atoms with Gasteiger partial charge in [-0.1, -0.05) is 39.9 Å². The van der Waals surface area contributed by atoms with E-state index in [4.69, 9.17) is 16.3 Å². The monoisotopic (exact) mass is 474 g/mol. The summed E-state index contributed by atoms with van der Waals surface area (Å²) >= 11 is 7.92. The van der Waals surface area contributed by atoms with Crippen LogP contribution in [0, 0.1) is 5.82 Å². The summed E-state index contributed by atoms with van der Waals surface area (Å²) < 4.78 is 20.3. The van der Waals surface area contributed by atoms with Crippen molar-refractivity contribution >= 4 is 34.7 Å². The number of aromatic nitrogens is 4. The van der Waals surface area contributed by atoms with E-state index in [2.05, 4.69) is 15.3 Å². The Labute approximate surface area is 182 Å². The lowest BCUT2D eigenvalue weighted by molar-refractivity contribution is -0.178. The predicted molar refractivity (Wildman–Crippen MR) is 107 cm³/mol. The molecule has 0 saturated carbocycles. The van der Waals surface area contributed by atoms with Crippen LogP contribution in [0.25, 0.3) is 11.4 Å². The second-order valence-corrected chi connectivity index (χ2v) is 8.91. The van der Waals surface area contributed by atoms with Crippen LogP contribution in [0.4, 0.5) is 4.39 Å². The molecule has 0 radical (unpaired) electrons. The molecular weight excluding hydrogens is 459 g/mol. The summed E-state index contributed by atoms with van der Waals surface area (Å²) in [7, 11) is 0. The maximum Gasteiger partial charge on any atom is 0.271 e. The molecule has 1 aliphatic heterocycles. The Kier molecular flexibility index (Phi) is 6.25. The maximum atomic E-state index is 13.4. The highest BCUT2D eigenvalue weighted by Crippen LogP contribution is 2.39. The van der Waals surface area contributed by atoms with Crippen molar-refractivity contribution in [1.29, 1.82) is 0 Å². The van der Waals surface area contributed by atoms with Crippen LogP contribution in [0.5, 0.6) is 5.19 Å². The highest BCUT2D eigenvalue weighted by Gasteiger charge is 2.46. The van der Waals surface area contributed by atoms with Gasteiger partial charge in [0, 0.05) is 10.3 Å². The summed E-state index contributed by atoms with van der Waals surface area (Å²) in [6.07, 6.45) is -2.06. The van der Waals surface area contributed by atoms with Crippen LogP contribution in [-0.4, -0.2) is 70.8 Å². The lowest BCUT2D eigenvalue weighted by Gasteiger charge is -2.41. The number of thiazole rings is 1. The second-order valence-electron chi connectivity index (χ2n) is 6.49. The van der Waals surface area contributed by atoms with Crippen molar-refractivity contribution in [3.05, 3.63) is 40.6 Å². The first kappa shape index (κ1) is 21.4. The lowest BCUT2D eigenvalue weighted by atomic mass is 9.97. The summed E-state index contributed by atoms with van der Waals surface area (Å²) in [5.41, 5.74) is -0.175. The van der Waals surface area contributed by atoms with E-state index < -0.39 is 42.2 Å². The van der Waals surface area contributed by atoms with Crippen LogP contribution in [0.1, 0.15) is 6.04 Å². The van der Waals surface area contributed by atoms with Crippen LogP contribution < -0.4 is 0 Å². The molecule has 2 unspecified atom stereocenters. The van der Waals surface area contributed by atoms with Gasteiger partial charge in [-0.05, 0) is 18.2 Å². The van der Waals surface area contributed by atoms with Gasteiger partial charge >= 0.3 is 0 Å². The summed E-state index contributed by atoms with van der Waals surface area (Å²) in [4.78, 5) is 4.45. The van der Waals surface area contributed by atoms with Crippen LogP contribution in [0.3, 0.4) is 0 Å². The fraction of sp³-hybridized carbons (Fsp3) is 0.353. The molecule has 160 valence electrons. The molecule has 2 aromatic heterocycles. The smallest absolute Gasteiger partial charge is 0.271 e. The first-order valence-corrected chi connectivity index (χ1v) is 10.8. The van der Waals surface area contributed by atoms with Crippen molar-refractivity contribution in [2.24, 2.45) is 0 Å². The summed E-state index contributed by atoms with van der Waals surface area (Å²) in [6.45, 7) is -0.493. The molecule has 0 aliphatic carbocycles. The SMILES string of the molecule is OCC1O[C@H](Sc2ccc(F)c(Cl)c2)C(O)[C@@H](n2cc(-c3csc(O)n3)nn2)[C@H]1O. The standard InChI is InChI=1S/C17H16ClFN4O5S2/c18-8-3-7(1-2-9(8)19)30-16-15(26)13(14(25)12(5-24)28-16)23-4-10(21-22-23)11-6-29-17(27)20-11/h1-4,6,12-16,24-26H,5H2,(H,20,27)/t12?,13-,14-,15?,16+/m0/s1. The average molecular weight is 475 g/mol. The van der Waals surface area contributed by atoms with Gasteiger partial charge in [-0.15, -0.1) is 5.10 Å². The van der Waals surface area contributed by atoms with Gasteiger partial charge in [0.2, 0.25) is 0 Å². The molecule has 0 bridgehead atoms. The Morgan fingerprint density at radius 3 is 2.73 bits per heavy atom. The van der Waals surface area contributed by atoms with E-state index in [-0.39, 0.29) is 10.2 Å². The van der Waals surface area contributed by atoms with E-state index in [1.165, 1.54) is 29.1 Å². The highest BCUT2D eigenvalue weighted by atomic mass is 35.5. The molecule has 30 heavy (non-hydrogen) atoms. The molecule has 3 heterocycles. The quantitative estimate of drug-likeness (QED) is 0.435. The molecule has 9 nitrogen and oxygen atoms in total. The third kappa shape index (κ3) is 4.17. The minimum absolute atomic E-state index is 0.0759. The maximum absolute atomic E-state index is 13.4. The van der Waals surface area contributed by atoms with Crippen molar-refractivity contribution in [1.82, 2.24) is 20.0 Å². The molecule has 1 fully saturated rings. The summed E-state index contributed by atoms with van der Waals surface area (Å²) in [6, 6.07) is 3.09. The number of hydrogen-bond acceptors (Lipinski definition) is 10. The number of benzene rings is 1. The number of thioether (sulfide) groups is 1. The van der Waals surface area contributed by atoms with E-state index in [1.54, 1.807) is 5.38 Å². The second kappa shape index (κ2) is 8.75. The van der Waals surface area contributed by atoms with Crippen molar-refractivity contribution in [3.63, 3.8) is 0 Å². The van der Waals surface area contributed by atoms with Gasteiger partial charge in [0.05, 0.1) is 17.8 Å². The fourth-order valence-electron chi connectivity index (χ4n) is 3.08. The van der Waals surface area contributed by atoms with Gasteiger partial charge in [0.15, 0.2) is 0 Å². The average Bonchev–Trinajstić information content (AvgIpc) is 3.36. The minimum Gasteiger partial charge on any atom is -0.486 e. The molecule has 13 heteroatoms. The molecule has 0 amide bonds. The Bertz CT molecular complexity index is 1040. The lowest BCUT2D eigenvalue weighted by Crippen LogP contribution is -2.55. The van der Waals surface area contributed by atoms with Gasteiger partial charge in [-0.2, -0.15) is 0 Å². The largest absolute Gasteiger partial charge is 0.486 e. The zero-order valence-electron chi connectivity index (χ0n) is 15.0. The van der Waals surface area contributed by atoms with Crippen molar-refractivity contribution in [2.75, 3.05) is 6.61 Å². The number of hydrogen-bond donors (Lipinski definition) is 4. The van der Waals surface area contributed by atoms with Gasteiger partial charge < -0.3 is 25.2 Å². The van der Waals surface area contributed by atoms with E-state index in [0.29, 0.717) is 16.3 Å². The number of aliphatic hydroxyl groups is 3. The third-order valence-corrected chi connectivity index (χ3v) is 6.64. The van der Waals surface area contributed by atoms with E-state index >= 15 is 0 Å². The number of ether oxygens (including phenoxy) is 1. The minimum atomic E-state index is -1.28. The molecule has 5 atom stereocenters. The number of halogens is 2. The fourth-order valence-corrected chi connectivity index (χ4v) is 4.97. The summed E-state index contributed by atoms with van der Waals surface area (Å²) in [5.74, 6) is -0.573. The predicted octanol–water partition coefficient (Wildman–Crippen LogP) is 1.67. The molecule has 4 N–H and O–H groups in total. The first-order valence-electron chi connectivity index (χ1n) is 8.68. The van der Waals surface area contributed by atoms with Crippen molar-refractivity contribution < 1.29 is 29.6 Å². The Balaban J connectivity index is 1.61. The van der Waals surface area contributed by atoms with E-state index in [1.807, 2.05) is 0 Å². The van der Waals surface area contributed by atoms with Gasteiger partial charge in [0.1, 0.15) is 47.0 Å². The zero-order valence-corrected chi connectivity index (χ0v) is 17.4. The van der Waals surface area contributed by atoms with Crippen molar-refractivity contribution in [3.8, 4) is 16.6 Å².